The molecule has 4 aliphatic carbocycles. The lowest BCUT2D eigenvalue weighted by Crippen LogP contribution is -2.65. The lowest BCUT2D eigenvalue weighted by molar-refractivity contribution is -0.144. The number of pyridine rings is 2. The van der Waals surface area contributed by atoms with Gasteiger partial charge in [-0.3, -0.25) is 19.6 Å². The number of carbonyl (C=O) groups is 2. The number of benzene rings is 1. The summed E-state index contributed by atoms with van der Waals surface area (Å²) in [4.78, 5) is 35.3. The molecule has 6 nitrogen and oxygen atoms in total. The number of carbonyl (C=O) groups excluding carboxylic acids is 2. The van der Waals surface area contributed by atoms with Gasteiger partial charge in [0.15, 0.2) is 0 Å². The molecule has 0 aliphatic heterocycles. The van der Waals surface area contributed by atoms with Crippen LogP contribution in [0.1, 0.15) is 49.0 Å². The molecule has 0 radical (unpaired) electrons. The van der Waals surface area contributed by atoms with Crippen molar-refractivity contribution in [1.82, 2.24) is 15.3 Å². The van der Waals surface area contributed by atoms with Crippen LogP contribution in [-0.4, -0.2) is 27.3 Å². The molecule has 2 amide bonds. The van der Waals surface area contributed by atoms with E-state index in [2.05, 4.69) is 20.6 Å². The number of anilines is 1. The lowest BCUT2D eigenvalue weighted by Gasteiger charge is -2.61. The molecule has 2 heterocycles. The van der Waals surface area contributed by atoms with Crippen molar-refractivity contribution < 1.29 is 9.59 Å². The van der Waals surface area contributed by atoms with E-state index in [0.29, 0.717) is 24.0 Å². The van der Waals surface area contributed by atoms with Gasteiger partial charge in [0, 0.05) is 17.1 Å². The molecule has 4 saturated carbocycles. The Morgan fingerprint density at radius 2 is 1.72 bits per heavy atom. The molecule has 2 aromatic heterocycles. The molecule has 3 aromatic rings. The van der Waals surface area contributed by atoms with Crippen molar-refractivity contribution in [3.8, 4) is 0 Å². The fraction of sp³-hybridized carbons (Fsp3) is 0.385. The van der Waals surface area contributed by atoms with Crippen LogP contribution in [-0.2, 0) is 4.79 Å². The van der Waals surface area contributed by atoms with E-state index in [1.54, 1.807) is 18.5 Å². The van der Waals surface area contributed by atoms with Gasteiger partial charge in [0.2, 0.25) is 5.91 Å². The lowest BCUT2D eigenvalue weighted by atomic mass is 9.46. The monoisotopic (exact) mass is 426 g/mol. The van der Waals surface area contributed by atoms with Crippen LogP contribution in [0.2, 0.25) is 0 Å². The Balaban J connectivity index is 1.26. The molecule has 1 aromatic carbocycles. The van der Waals surface area contributed by atoms with Crippen molar-refractivity contribution in [1.29, 1.82) is 0 Å². The van der Waals surface area contributed by atoms with E-state index < -0.39 is 5.41 Å². The van der Waals surface area contributed by atoms with Crippen molar-refractivity contribution in [3.05, 3.63) is 66.6 Å². The topological polar surface area (TPSA) is 84.0 Å². The second-order valence-electron chi connectivity index (χ2n) is 10.1. The van der Waals surface area contributed by atoms with Crippen molar-refractivity contribution in [2.45, 2.75) is 44.1 Å². The van der Waals surface area contributed by atoms with Gasteiger partial charge >= 0.3 is 0 Å². The summed E-state index contributed by atoms with van der Waals surface area (Å²) < 4.78 is 0. The van der Waals surface area contributed by atoms with Crippen LogP contribution in [0.4, 0.5) is 5.69 Å². The number of nitrogens with one attached hydrogen (secondary N) is 2. The largest absolute Gasteiger partial charge is 0.345 e. The second-order valence-corrected chi connectivity index (χ2v) is 10.1. The van der Waals surface area contributed by atoms with Crippen LogP contribution < -0.4 is 10.6 Å². The summed E-state index contributed by atoms with van der Waals surface area (Å²) in [6.45, 7) is 0. The molecule has 0 spiro atoms. The quantitative estimate of drug-likeness (QED) is 0.650. The summed E-state index contributed by atoms with van der Waals surface area (Å²) in [5.41, 5.74) is 1.32. The third-order valence-electron chi connectivity index (χ3n) is 7.67. The van der Waals surface area contributed by atoms with Crippen molar-refractivity contribution in [2.24, 2.45) is 17.3 Å². The van der Waals surface area contributed by atoms with Gasteiger partial charge in [0.25, 0.3) is 5.91 Å². The van der Waals surface area contributed by atoms with E-state index >= 15 is 0 Å². The molecule has 6 heteroatoms. The van der Waals surface area contributed by atoms with E-state index in [0.717, 1.165) is 48.7 Å². The Morgan fingerprint density at radius 3 is 2.50 bits per heavy atom. The zero-order chi connectivity index (χ0) is 21.8. The van der Waals surface area contributed by atoms with Gasteiger partial charge in [-0.1, -0.05) is 24.3 Å². The van der Waals surface area contributed by atoms with Gasteiger partial charge in [-0.2, -0.15) is 0 Å². The van der Waals surface area contributed by atoms with E-state index in [-0.39, 0.29) is 17.4 Å². The van der Waals surface area contributed by atoms with Crippen LogP contribution in [0.15, 0.2) is 60.9 Å². The Morgan fingerprint density at radius 1 is 0.938 bits per heavy atom. The summed E-state index contributed by atoms with van der Waals surface area (Å²) >= 11 is 0. The molecule has 7 rings (SSSR count). The molecule has 0 saturated heterocycles. The highest BCUT2D eigenvalue weighted by Gasteiger charge is 2.61. The van der Waals surface area contributed by atoms with E-state index in [9.17, 15) is 9.59 Å². The minimum absolute atomic E-state index is 0.0696. The van der Waals surface area contributed by atoms with Crippen LogP contribution >= 0.6 is 0 Å². The average molecular weight is 427 g/mol. The number of nitrogens with zero attached hydrogens (tertiary/aromatic N) is 2. The zero-order valence-corrected chi connectivity index (χ0v) is 17.9. The fourth-order valence-corrected chi connectivity index (χ4v) is 6.88. The number of hydrogen-bond acceptors (Lipinski definition) is 4. The normalized spacial score (nSPS) is 30.2. The van der Waals surface area contributed by atoms with E-state index in [4.69, 9.17) is 0 Å². The average Bonchev–Trinajstić information content (AvgIpc) is 2.78. The van der Waals surface area contributed by atoms with Gasteiger partial charge in [-0.05, 0) is 74.6 Å². The van der Waals surface area contributed by atoms with Crippen molar-refractivity contribution in [3.63, 3.8) is 0 Å². The second kappa shape index (κ2) is 7.12. The maximum atomic E-state index is 13.6. The molecule has 2 unspecified atom stereocenters. The summed E-state index contributed by atoms with van der Waals surface area (Å²) in [6, 6.07) is 15.3. The molecule has 4 bridgehead atoms. The Hall–Kier alpha value is -3.28. The molecule has 32 heavy (non-hydrogen) atoms. The molecule has 2 N–H and O–H groups in total. The van der Waals surface area contributed by atoms with Crippen LogP contribution in [0.25, 0.3) is 10.9 Å². The minimum atomic E-state index is -0.437. The van der Waals surface area contributed by atoms with Crippen molar-refractivity contribution >= 4 is 28.4 Å². The number of aromatic nitrogens is 2. The fourth-order valence-electron chi connectivity index (χ4n) is 6.88. The predicted octanol–water partition coefficient (Wildman–Crippen LogP) is 4.34. The third-order valence-corrected chi connectivity index (χ3v) is 7.67. The predicted molar refractivity (Wildman–Crippen MR) is 122 cm³/mol. The highest BCUT2D eigenvalue weighted by molar-refractivity contribution is 5.97. The molecular formula is C26H26N4O2. The SMILES string of the molecule is O=C(NC12CC3CC(C1)CC(C(=O)Nc1cnc4ccccc4c1)(C3)C2)c1ccccn1. The first kappa shape index (κ1) is 19.4. The van der Waals surface area contributed by atoms with Gasteiger partial charge in [-0.15, -0.1) is 0 Å². The first-order chi connectivity index (χ1) is 15.5. The summed E-state index contributed by atoms with van der Waals surface area (Å²) in [5.74, 6) is 0.878. The first-order valence-electron chi connectivity index (χ1n) is 11.4. The zero-order valence-electron chi connectivity index (χ0n) is 17.9. The minimum Gasteiger partial charge on any atom is -0.345 e. The standard InChI is InChI=1S/C26H26N4O2/c31-23(22-7-3-4-8-27-22)30-26-13-17-9-18(14-26)12-25(11-17,16-26)24(32)29-20-10-19-5-1-2-6-21(19)28-15-20/h1-8,10,15,17-18H,9,11-14,16H2,(H,29,32)(H,30,31). The maximum absolute atomic E-state index is 13.6. The van der Waals surface area contributed by atoms with Gasteiger partial charge in [0.05, 0.1) is 22.8 Å². The van der Waals surface area contributed by atoms with Crippen LogP contribution in [0.3, 0.4) is 0 Å². The number of amides is 2. The van der Waals surface area contributed by atoms with E-state index in [1.807, 2.05) is 42.5 Å². The Kier molecular flexibility index (Phi) is 4.32. The third kappa shape index (κ3) is 3.25. The summed E-state index contributed by atoms with van der Waals surface area (Å²) in [7, 11) is 0. The maximum Gasteiger partial charge on any atom is 0.270 e. The number of rotatable bonds is 4. The smallest absolute Gasteiger partial charge is 0.270 e. The molecule has 2 atom stereocenters. The van der Waals surface area contributed by atoms with Crippen molar-refractivity contribution in [2.75, 3.05) is 5.32 Å². The Labute approximate surface area is 186 Å². The molecule has 4 aliphatic rings. The molecular weight excluding hydrogens is 400 g/mol. The highest BCUT2D eigenvalue weighted by Crippen LogP contribution is 2.62. The van der Waals surface area contributed by atoms with E-state index in [1.165, 1.54) is 0 Å². The summed E-state index contributed by atoms with van der Waals surface area (Å²) in [6.07, 6.45) is 8.94. The van der Waals surface area contributed by atoms with Gasteiger partial charge in [0.1, 0.15) is 5.69 Å². The number of fused-ring (bicyclic) bond motifs is 1. The molecule has 162 valence electrons. The number of para-hydroxylation sites is 1. The highest BCUT2D eigenvalue weighted by atomic mass is 16.2. The molecule has 4 fully saturated rings. The van der Waals surface area contributed by atoms with Gasteiger partial charge in [-0.25, -0.2) is 0 Å². The van der Waals surface area contributed by atoms with Gasteiger partial charge < -0.3 is 10.6 Å². The summed E-state index contributed by atoms with van der Waals surface area (Å²) in [5, 5.41) is 7.49. The Bertz CT molecular complexity index is 1190. The number of hydrogen-bond donors (Lipinski definition) is 2. The van der Waals surface area contributed by atoms with Crippen LogP contribution in [0, 0.1) is 17.3 Å². The van der Waals surface area contributed by atoms with Crippen LogP contribution in [0.5, 0.6) is 0 Å². The first-order valence-corrected chi connectivity index (χ1v) is 11.4.